The number of hydrogen-bond acceptors (Lipinski definition) is 4. The zero-order valence-corrected chi connectivity index (χ0v) is 11.1. The Kier molecular flexibility index (Phi) is 4.31. The minimum Gasteiger partial charge on any atom is -0.353 e. The number of aromatic amines is 1. The molecule has 1 atom stereocenters. The molecule has 0 radical (unpaired) electrons. The van der Waals surface area contributed by atoms with E-state index in [1.807, 2.05) is 0 Å². The standard InChI is InChI=1S/C13H19N3O3/c1-10-3-2-5-15(6-4-10)9-13(17)12-7-11(8-14-12)16(18)19/h7-8,10,14H,2-6,9H2,1H3. The number of rotatable bonds is 4. The Hall–Kier alpha value is -1.69. The first-order chi connectivity index (χ1) is 9.06. The number of aromatic nitrogens is 1. The van der Waals surface area contributed by atoms with Crippen LogP contribution >= 0.6 is 0 Å². The van der Waals surface area contributed by atoms with Gasteiger partial charge in [0.2, 0.25) is 0 Å². The summed E-state index contributed by atoms with van der Waals surface area (Å²) in [5.74, 6) is 0.634. The van der Waals surface area contributed by atoms with E-state index in [9.17, 15) is 14.9 Å². The number of H-pyrrole nitrogens is 1. The second-order valence-corrected chi connectivity index (χ2v) is 5.26. The third-order valence-corrected chi connectivity index (χ3v) is 3.66. The average molecular weight is 265 g/mol. The third-order valence-electron chi connectivity index (χ3n) is 3.66. The molecule has 0 saturated carbocycles. The van der Waals surface area contributed by atoms with Crippen LogP contribution in [0.25, 0.3) is 0 Å². The van der Waals surface area contributed by atoms with Gasteiger partial charge in [-0.25, -0.2) is 0 Å². The van der Waals surface area contributed by atoms with Crippen LogP contribution in [0.3, 0.4) is 0 Å². The smallest absolute Gasteiger partial charge is 0.287 e. The summed E-state index contributed by atoms with van der Waals surface area (Å²) < 4.78 is 0. The quantitative estimate of drug-likeness (QED) is 0.514. The zero-order valence-electron chi connectivity index (χ0n) is 11.1. The van der Waals surface area contributed by atoms with Crippen LogP contribution in [-0.2, 0) is 0 Å². The summed E-state index contributed by atoms with van der Waals surface area (Å²) in [5, 5.41) is 10.6. The lowest BCUT2D eigenvalue weighted by Gasteiger charge is -2.18. The molecule has 6 heteroatoms. The molecule has 1 aliphatic rings. The van der Waals surface area contributed by atoms with E-state index in [1.54, 1.807) is 0 Å². The fourth-order valence-corrected chi connectivity index (χ4v) is 2.42. The molecule has 2 heterocycles. The first kappa shape index (κ1) is 13.7. The fraction of sp³-hybridized carbons (Fsp3) is 0.615. The van der Waals surface area contributed by atoms with Gasteiger partial charge in [0, 0.05) is 6.07 Å². The molecule has 1 fully saturated rings. The van der Waals surface area contributed by atoms with Crippen molar-refractivity contribution in [2.24, 2.45) is 5.92 Å². The van der Waals surface area contributed by atoms with Gasteiger partial charge in [-0.15, -0.1) is 0 Å². The van der Waals surface area contributed by atoms with Gasteiger partial charge in [-0.05, 0) is 38.3 Å². The minimum atomic E-state index is -0.499. The summed E-state index contributed by atoms with van der Waals surface area (Å²) in [6.07, 6.45) is 4.69. The molecule has 2 rings (SSSR count). The average Bonchev–Trinajstić information content (AvgIpc) is 2.77. The molecule has 0 bridgehead atoms. The number of carbonyl (C=O) groups excluding carboxylic acids is 1. The van der Waals surface area contributed by atoms with Crippen molar-refractivity contribution in [3.8, 4) is 0 Å². The third kappa shape index (κ3) is 3.64. The normalized spacial score (nSPS) is 21.0. The van der Waals surface area contributed by atoms with Crippen molar-refractivity contribution >= 4 is 11.5 Å². The first-order valence-corrected chi connectivity index (χ1v) is 6.64. The van der Waals surface area contributed by atoms with Crippen molar-refractivity contribution < 1.29 is 9.72 Å². The summed E-state index contributed by atoms with van der Waals surface area (Å²) in [5.41, 5.74) is 0.261. The van der Waals surface area contributed by atoms with E-state index >= 15 is 0 Å². The lowest BCUT2D eigenvalue weighted by Crippen LogP contribution is -2.31. The van der Waals surface area contributed by atoms with Crippen molar-refractivity contribution in [2.75, 3.05) is 19.6 Å². The molecule has 104 valence electrons. The van der Waals surface area contributed by atoms with Gasteiger partial charge in [0.15, 0.2) is 5.78 Å². The van der Waals surface area contributed by atoms with Crippen molar-refractivity contribution in [3.05, 3.63) is 28.1 Å². The van der Waals surface area contributed by atoms with E-state index in [0.29, 0.717) is 18.2 Å². The fourth-order valence-electron chi connectivity index (χ4n) is 2.42. The van der Waals surface area contributed by atoms with E-state index < -0.39 is 4.92 Å². The number of Topliss-reactive ketones (excluding diaryl/α,β-unsaturated/α-hetero) is 1. The Morgan fingerprint density at radius 1 is 1.53 bits per heavy atom. The largest absolute Gasteiger partial charge is 0.353 e. The van der Waals surface area contributed by atoms with Gasteiger partial charge in [-0.2, -0.15) is 0 Å². The molecule has 0 amide bonds. The maximum absolute atomic E-state index is 12.0. The Balaban J connectivity index is 1.94. The second-order valence-electron chi connectivity index (χ2n) is 5.26. The maximum atomic E-state index is 12.0. The minimum absolute atomic E-state index is 0.0622. The molecule has 6 nitrogen and oxygen atoms in total. The van der Waals surface area contributed by atoms with Gasteiger partial charge in [0.05, 0.1) is 23.4 Å². The van der Waals surface area contributed by atoms with E-state index in [1.165, 1.54) is 18.7 Å². The first-order valence-electron chi connectivity index (χ1n) is 6.64. The molecule has 1 saturated heterocycles. The van der Waals surface area contributed by atoms with Gasteiger partial charge in [-0.1, -0.05) is 6.92 Å². The molecular formula is C13H19N3O3. The van der Waals surface area contributed by atoms with E-state index in [2.05, 4.69) is 16.8 Å². The number of nitro groups is 1. The van der Waals surface area contributed by atoms with Crippen LogP contribution < -0.4 is 0 Å². The van der Waals surface area contributed by atoms with Crippen LogP contribution in [0.5, 0.6) is 0 Å². The molecule has 0 spiro atoms. The van der Waals surface area contributed by atoms with Crippen LogP contribution in [0.1, 0.15) is 36.7 Å². The van der Waals surface area contributed by atoms with Crippen LogP contribution in [-0.4, -0.2) is 40.2 Å². The van der Waals surface area contributed by atoms with Crippen molar-refractivity contribution in [2.45, 2.75) is 26.2 Å². The van der Waals surface area contributed by atoms with Crippen LogP contribution in [0.15, 0.2) is 12.3 Å². The molecule has 19 heavy (non-hydrogen) atoms. The lowest BCUT2D eigenvalue weighted by molar-refractivity contribution is -0.384. The summed E-state index contributed by atoms with van der Waals surface area (Å²) in [4.78, 5) is 26.9. The Morgan fingerprint density at radius 3 is 3.00 bits per heavy atom. The monoisotopic (exact) mass is 265 g/mol. The maximum Gasteiger partial charge on any atom is 0.287 e. The van der Waals surface area contributed by atoms with Gasteiger partial charge in [0.1, 0.15) is 0 Å². The molecular weight excluding hydrogens is 246 g/mol. The highest BCUT2D eigenvalue weighted by atomic mass is 16.6. The molecule has 1 aliphatic heterocycles. The Bertz CT molecular complexity index is 469. The summed E-state index contributed by atoms with van der Waals surface area (Å²) in [6.45, 7) is 4.43. The molecule has 1 aromatic rings. The summed E-state index contributed by atoms with van der Waals surface area (Å²) in [6, 6.07) is 1.31. The Morgan fingerprint density at radius 2 is 2.32 bits per heavy atom. The number of likely N-dealkylation sites (tertiary alicyclic amines) is 1. The van der Waals surface area contributed by atoms with Crippen molar-refractivity contribution in [3.63, 3.8) is 0 Å². The van der Waals surface area contributed by atoms with Crippen molar-refractivity contribution in [1.82, 2.24) is 9.88 Å². The van der Waals surface area contributed by atoms with E-state index in [-0.39, 0.29) is 11.5 Å². The highest BCUT2D eigenvalue weighted by Gasteiger charge is 2.19. The Labute approximate surface area is 111 Å². The molecule has 1 N–H and O–H groups in total. The van der Waals surface area contributed by atoms with Gasteiger partial charge >= 0.3 is 0 Å². The van der Waals surface area contributed by atoms with Gasteiger partial charge in [0.25, 0.3) is 5.69 Å². The van der Waals surface area contributed by atoms with Gasteiger partial charge in [-0.3, -0.25) is 19.8 Å². The highest BCUT2D eigenvalue weighted by Crippen LogP contribution is 2.17. The van der Waals surface area contributed by atoms with Crippen LogP contribution in [0, 0.1) is 16.0 Å². The molecule has 1 aromatic heterocycles. The predicted octanol–water partition coefficient (Wildman–Crippen LogP) is 2.23. The number of carbonyl (C=O) groups is 1. The topological polar surface area (TPSA) is 79.2 Å². The van der Waals surface area contributed by atoms with Crippen LogP contribution in [0.4, 0.5) is 5.69 Å². The van der Waals surface area contributed by atoms with Gasteiger partial charge < -0.3 is 4.98 Å². The SMILES string of the molecule is CC1CCCN(CC(=O)c2cc([N+](=O)[O-])c[nH]2)CC1. The summed E-state index contributed by atoms with van der Waals surface area (Å²) >= 11 is 0. The predicted molar refractivity (Wildman–Crippen MR) is 71.2 cm³/mol. The molecule has 1 unspecified atom stereocenters. The number of nitrogens with one attached hydrogen (secondary N) is 1. The lowest BCUT2D eigenvalue weighted by atomic mass is 10.0. The van der Waals surface area contributed by atoms with E-state index in [0.717, 1.165) is 25.9 Å². The highest BCUT2D eigenvalue weighted by molar-refractivity contribution is 5.96. The molecule has 0 aliphatic carbocycles. The number of nitrogens with zero attached hydrogens (tertiary/aromatic N) is 2. The molecule has 0 aromatic carbocycles. The zero-order chi connectivity index (χ0) is 13.8. The second kappa shape index (κ2) is 5.97. The number of ketones is 1. The van der Waals surface area contributed by atoms with E-state index in [4.69, 9.17) is 0 Å². The number of hydrogen-bond donors (Lipinski definition) is 1. The van der Waals surface area contributed by atoms with Crippen molar-refractivity contribution in [1.29, 1.82) is 0 Å². The van der Waals surface area contributed by atoms with Crippen LogP contribution in [0.2, 0.25) is 0 Å². The summed E-state index contributed by atoms with van der Waals surface area (Å²) in [7, 11) is 0.